The Morgan fingerprint density at radius 1 is 1.06 bits per heavy atom. The third-order valence-electron chi connectivity index (χ3n) is 6.93. The van der Waals surface area contributed by atoms with Crippen LogP contribution < -0.4 is 5.32 Å². The van der Waals surface area contributed by atoms with Crippen LogP contribution in [0.1, 0.15) is 44.0 Å². The summed E-state index contributed by atoms with van der Waals surface area (Å²) < 4.78 is 43.1. The number of hydrogen-bond donors (Lipinski definition) is 1. The van der Waals surface area contributed by atoms with Crippen molar-refractivity contribution in [1.29, 1.82) is 0 Å². The monoisotopic (exact) mass is 497 g/mol. The number of nitrogens with one attached hydrogen (secondary N) is 1. The van der Waals surface area contributed by atoms with Crippen LogP contribution >= 0.6 is 0 Å². The normalized spacial score (nSPS) is 25.2. The number of fused-ring (bicyclic) bond motifs is 2. The number of pyridine rings is 1. The second kappa shape index (κ2) is 8.96. The topological polar surface area (TPSA) is 52.9 Å². The van der Waals surface area contributed by atoms with Crippen LogP contribution in [0.3, 0.4) is 0 Å². The molecule has 1 amide bonds. The van der Waals surface area contributed by atoms with Gasteiger partial charge in [0.2, 0.25) is 0 Å². The van der Waals surface area contributed by atoms with E-state index in [0.29, 0.717) is 35.3 Å². The van der Waals surface area contributed by atoms with Crippen LogP contribution in [-0.4, -0.2) is 50.3 Å². The molecule has 0 aliphatic carbocycles. The van der Waals surface area contributed by atoms with Crippen molar-refractivity contribution >= 4 is 17.1 Å². The van der Waals surface area contributed by atoms with Crippen LogP contribution in [0.4, 0.5) is 13.2 Å². The molecule has 0 bridgehead atoms. The van der Waals surface area contributed by atoms with Crippen molar-refractivity contribution < 1.29 is 18.0 Å². The third-order valence-corrected chi connectivity index (χ3v) is 6.93. The van der Waals surface area contributed by atoms with Crippen molar-refractivity contribution in [3.8, 4) is 0 Å². The lowest BCUT2D eigenvalue weighted by molar-refractivity contribution is -0.136. The first-order valence-corrected chi connectivity index (χ1v) is 12.2. The Hall–Kier alpha value is -3.33. The van der Waals surface area contributed by atoms with Crippen molar-refractivity contribution in [3.05, 3.63) is 77.2 Å². The fourth-order valence-corrected chi connectivity index (χ4v) is 5.31. The maximum Gasteiger partial charge on any atom is 0.420 e. The van der Waals surface area contributed by atoms with E-state index in [9.17, 15) is 18.0 Å². The summed E-state index contributed by atoms with van der Waals surface area (Å²) in [6.07, 6.45) is 8.50. The Bertz CT molecular complexity index is 1320. The fraction of sp³-hybridized carbons (Fsp3) is 0.407. The Morgan fingerprint density at radius 3 is 2.44 bits per heavy atom. The zero-order valence-corrected chi connectivity index (χ0v) is 20.8. The van der Waals surface area contributed by atoms with E-state index in [4.69, 9.17) is 0 Å². The van der Waals surface area contributed by atoms with Gasteiger partial charge in [-0.3, -0.25) is 9.69 Å². The average molecular weight is 498 g/mol. The van der Waals surface area contributed by atoms with Crippen molar-refractivity contribution in [2.24, 2.45) is 5.92 Å². The lowest BCUT2D eigenvalue weighted by Gasteiger charge is -2.39. The minimum absolute atomic E-state index is 0.135. The molecule has 9 heteroatoms. The molecule has 0 aromatic carbocycles. The number of rotatable bonds is 2. The van der Waals surface area contributed by atoms with Gasteiger partial charge in [0.15, 0.2) is 0 Å². The second-order valence-corrected chi connectivity index (χ2v) is 10.1. The van der Waals surface area contributed by atoms with Crippen molar-refractivity contribution in [2.75, 3.05) is 13.1 Å². The molecule has 1 saturated heterocycles. The van der Waals surface area contributed by atoms with Crippen LogP contribution in [0.15, 0.2) is 60.4 Å². The molecule has 0 spiro atoms. The summed E-state index contributed by atoms with van der Waals surface area (Å²) in [4.78, 5) is 21.4. The number of imidazole rings is 1. The molecule has 5 rings (SSSR count). The summed E-state index contributed by atoms with van der Waals surface area (Å²) in [5.74, 6) is -0.434. The zero-order valence-electron chi connectivity index (χ0n) is 20.8. The lowest BCUT2D eigenvalue weighted by Crippen LogP contribution is -2.53. The van der Waals surface area contributed by atoms with Gasteiger partial charge in [-0.1, -0.05) is 13.0 Å². The largest absolute Gasteiger partial charge is 0.420 e. The van der Waals surface area contributed by atoms with Crippen LogP contribution in [0.2, 0.25) is 0 Å². The van der Waals surface area contributed by atoms with E-state index in [-0.39, 0.29) is 17.5 Å². The maximum atomic E-state index is 13.9. The number of piperazine rings is 1. The fourth-order valence-electron chi connectivity index (χ4n) is 5.31. The molecule has 3 aliphatic heterocycles. The zero-order chi connectivity index (χ0) is 25.8. The molecule has 1 N–H and O–H groups in total. The first-order chi connectivity index (χ1) is 17.0. The molecule has 0 saturated carbocycles. The average Bonchev–Trinajstić information content (AvgIpc) is 3.17. The Labute approximate surface area is 208 Å². The van der Waals surface area contributed by atoms with Crippen molar-refractivity contribution in [3.63, 3.8) is 0 Å². The third kappa shape index (κ3) is 4.59. The number of halogens is 3. The number of hydrogen-bond acceptors (Lipinski definition) is 4. The molecule has 5 heterocycles. The number of aromatic nitrogens is 2. The van der Waals surface area contributed by atoms with E-state index < -0.39 is 11.7 Å². The quantitative estimate of drug-likeness (QED) is 0.642. The predicted octanol–water partition coefficient (Wildman–Crippen LogP) is 4.89. The molecule has 190 valence electrons. The van der Waals surface area contributed by atoms with Gasteiger partial charge in [-0.25, -0.2) is 4.98 Å². The Morgan fingerprint density at radius 2 is 1.75 bits per heavy atom. The van der Waals surface area contributed by atoms with Crippen LogP contribution in [-0.2, 0) is 11.0 Å². The summed E-state index contributed by atoms with van der Waals surface area (Å²) in [6, 6.07) is 1.75. The van der Waals surface area contributed by atoms with Gasteiger partial charge in [0.05, 0.1) is 17.0 Å². The number of alkyl halides is 3. The standard InChI is InChI=1S/C27H30F3N5O/c1-16-5-6-21-7-8-22(33-11-17(2)31-18(3)12-33)15-35(21)25(36)10-23(16)20-9-24(27(28,29)30)26-32-19(4)13-34(26)14-20/h6-10,13-18,31H,5,11-12H2,1-4H3. The van der Waals surface area contributed by atoms with E-state index in [1.54, 1.807) is 24.2 Å². The number of aryl methyl sites for hydroxylation is 1. The maximum absolute atomic E-state index is 13.9. The minimum atomic E-state index is -4.57. The van der Waals surface area contributed by atoms with Crippen LogP contribution in [0.25, 0.3) is 11.2 Å². The minimum Gasteiger partial charge on any atom is -0.367 e. The summed E-state index contributed by atoms with van der Waals surface area (Å²) in [5.41, 5.74) is 2.21. The molecule has 6 nitrogen and oxygen atoms in total. The first-order valence-electron chi connectivity index (χ1n) is 12.2. The smallest absolute Gasteiger partial charge is 0.367 e. The molecule has 3 atom stereocenters. The van der Waals surface area contributed by atoms with E-state index in [2.05, 4.69) is 29.0 Å². The van der Waals surface area contributed by atoms with Crippen molar-refractivity contribution in [2.45, 2.75) is 52.4 Å². The molecule has 2 aromatic rings. The van der Waals surface area contributed by atoms with E-state index in [1.165, 1.54) is 10.5 Å². The van der Waals surface area contributed by atoms with Gasteiger partial charge >= 0.3 is 6.18 Å². The highest BCUT2D eigenvalue weighted by Crippen LogP contribution is 2.37. The van der Waals surface area contributed by atoms with Gasteiger partial charge in [0.1, 0.15) is 5.65 Å². The van der Waals surface area contributed by atoms with E-state index in [1.807, 2.05) is 31.4 Å². The van der Waals surface area contributed by atoms with Crippen molar-refractivity contribution in [1.82, 2.24) is 24.5 Å². The van der Waals surface area contributed by atoms with Gasteiger partial charge in [-0.2, -0.15) is 13.2 Å². The summed E-state index contributed by atoms with van der Waals surface area (Å²) in [7, 11) is 0. The number of allylic oxidation sites excluding steroid dienone is 4. The van der Waals surface area contributed by atoms with Gasteiger partial charge < -0.3 is 14.6 Å². The molecule has 3 aliphatic rings. The second-order valence-electron chi connectivity index (χ2n) is 10.1. The van der Waals surface area contributed by atoms with Gasteiger partial charge in [0.25, 0.3) is 5.91 Å². The van der Waals surface area contributed by atoms with Gasteiger partial charge in [-0.05, 0) is 62.5 Å². The Balaban J connectivity index is 1.54. The number of amides is 1. The Kier molecular flexibility index (Phi) is 6.06. The summed E-state index contributed by atoms with van der Waals surface area (Å²) >= 11 is 0. The molecular formula is C27H30F3N5O. The first kappa shape index (κ1) is 24.4. The lowest BCUT2D eigenvalue weighted by atomic mass is 9.89. The highest BCUT2D eigenvalue weighted by molar-refractivity contribution is 5.98. The summed E-state index contributed by atoms with van der Waals surface area (Å²) in [5, 5.41) is 3.51. The molecule has 36 heavy (non-hydrogen) atoms. The highest BCUT2D eigenvalue weighted by Gasteiger charge is 2.35. The van der Waals surface area contributed by atoms with Gasteiger partial charge in [0, 0.05) is 55.5 Å². The van der Waals surface area contributed by atoms with Crippen LogP contribution in [0.5, 0.6) is 0 Å². The van der Waals surface area contributed by atoms with E-state index >= 15 is 0 Å². The predicted molar refractivity (Wildman–Crippen MR) is 132 cm³/mol. The highest BCUT2D eigenvalue weighted by atomic mass is 19.4. The van der Waals surface area contributed by atoms with Gasteiger partial charge in [-0.15, -0.1) is 0 Å². The SMILES string of the molecule is Cc1cn2cc(C3=CC(=O)N4C=C(N5CC(C)NC(C)C5)C=CC4=CCC3C)cc(C(F)(F)F)c2n1. The molecule has 3 unspecified atom stereocenters. The number of carbonyl (C=O) groups is 1. The summed E-state index contributed by atoms with van der Waals surface area (Å²) in [6.45, 7) is 9.50. The molecule has 0 radical (unpaired) electrons. The molecule has 2 aromatic heterocycles. The van der Waals surface area contributed by atoms with E-state index in [0.717, 1.165) is 30.5 Å². The molecule has 1 fully saturated rings. The number of carbonyl (C=O) groups excluding carboxylic acids is 1. The number of nitrogens with zero attached hydrogens (tertiary/aromatic N) is 4. The molecular weight excluding hydrogens is 467 g/mol. The van der Waals surface area contributed by atoms with Crippen LogP contribution in [0, 0.1) is 12.8 Å².